The fourth-order valence-electron chi connectivity index (χ4n) is 2.37. The minimum atomic E-state index is -0.558. The molecule has 4 heteroatoms. The molecule has 1 atom stereocenters. The topological polar surface area (TPSA) is 44.1 Å². The van der Waals surface area contributed by atoms with Gasteiger partial charge in [-0.05, 0) is 24.6 Å². The van der Waals surface area contributed by atoms with Crippen LogP contribution in [0.15, 0.2) is 18.2 Å². The van der Waals surface area contributed by atoms with Crippen LogP contribution in [0.1, 0.15) is 31.9 Å². The molecule has 18 heavy (non-hydrogen) atoms. The van der Waals surface area contributed by atoms with Gasteiger partial charge >= 0.3 is 0 Å². The van der Waals surface area contributed by atoms with Crippen molar-refractivity contribution < 1.29 is 4.79 Å². The first-order valence-corrected chi connectivity index (χ1v) is 6.30. The van der Waals surface area contributed by atoms with Gasteiger partial charge in [0.15, 0.2) is 0 Å². The van der Waals surface area contributed by atoms with Gasteiger partial charge in [-0.25, -0.2) is 0 Å². The Balaban J connectivity index is 2.53. The molecule has 1 heterocycles. The molecule has 1 amide bonds. The highest BCUT2D eigenvalue weighted by molar-refractivity contribution is 6.32. The van der Waals surface area contributed by atoms with Crippen LogP contribution in [-0.4, -0.2) is 17.8 Å². The number of alkyl halides is 1. The Kier molecular flexibility index (Phi) is 3.08. The van der Waals surface area contributed by atoms with Crippen LogP contribution in [0.5, 0.6) is 0 Å². The van der Waals surface area contributed by atoms with Crippen LogP contribution in [0.2, 0.25) is 0 Å². The Hall–Kier alpha value is -1.53. The van der Waals surface area contributed by atoms with Gasteiger partial charge in [0.2, 0.25) is 5.91 Å². The van der Waals surface area contributed by atoms with Crippen LogP contribution in [0.3, 0.4) is 0 Å². The van der Waals surface area contributed by atoms with Crippen molar-refractivity contribution in [1.29, 1.82) is 5.26 Å². The molecule has 0 aliphatic carbocycles. The average molecular weight is 263 g/mol. The summed E-state index contributed by atoms with van der Waals surface area (Å²) >= 11 is 5.89. The molecular formula is C14H15ClN2O. The van der Waals surface area contributed by atoms with Crippen LogP contribution < -0.4 is 4.90 Å². The lowest BCUT2D eigenvalue weighted by molar-refractivity contribution is -0.118. The lowest BCUT2D eigenvalue weighted by Crippen LogP contribution is -2.37. The van der Waals surface area contributed by atoms with Crippen LogP contribution in [-0.2, 0) is 10.2 Å². The minimum absolute atomic E-state index is 0.106. The molecule has 1 aliphatic heterocycles. The van der Waals surface area contributed by atoms with Crippen LogP contribution in [0.25, 0.3) is 0 Å². The van der Waals surface area contributed by atoms with Crippen molar-refractivity contribution >= 4 is 23.2 Å². The van der Waals surface area contributed by atoms with Gasteiger partial charge in [0.25, 0.3) is 0 Å². The summed E-state index contributed by atoms with van der Waals surface area (Å²) in [6.07, 6.45) is 0. The lowest BCUT2D eigenvalue weighted by atomic mass is 9.87. The van der Waals surface area contributed by atoms with E-state index in [1.807, 2.05) is 6.07 Å². The van der Waals surface area contributed by atoms with Gasteiger partial charge in [-0.15, -0.1) is 11.6 Å². The second kappa shape index (κ2) is 4.29. The van der Waals surface area contributed by atoms with Gasteiger partial charge in [0.1, 0.15) is 5.38 Å². The third-order valence-corrected chi connectivity index (χ3v) is 3.49. The van der Waals surface area contributed by atoms with Crippen LogP contribution >= 0.6 is 11.6 Å². The zero-order valence-electron chi connectivity index (χ0n) is 10.7. The summed E-state index contributed by atoms with van der Waals surface area (Å²) in [6, 6.07) is 7.59. The molecule has 0 saturated carbocycles. The highest BCUT2D eigenvalue weighted by Gasteiger charge is 2.38. The number of benzene rings is 1. The van der Waals surface area contributed by atoms with Gasteiger partial charge in [0, 0.05) is 17.6 Å². The van der Waals surface area contributed by atoms with E-state index in [-0.39, 0.29) is 11.3 Å². The van der Waals surface area contributed by atoms with Crippen molar-refractivity contribution in [3.05, 3.63) is 29.3 Å². The van der Waals surface area contributed by atoms with E-state index in [2.05, 4.69) is 19.9 Å². The number of carbonyl (C=O) groups is 1. The van der Waals surface area contributed by atoms with Crippen LogP contribution in [0, 0.1) is 11.3 Å². The zero-order chi connectivity index (χ0) is 13.5. The Labute approximate surface area is 112 Å². The number of amides is 1. The summed E-state index contributed by atoms with van der Waals surface area (Å²) in [5.41, 5.74) is 2.36. The van der Waals surface area contributed by atoms with Crippen molar-refractivity contribution in [2.45, 2.75) is 31.6 Å². The third kappa shape index (κ3) is 1.97. The molecule has 0 radical (unpaired) electrons. The normalized spacial score (nSPS) is 18.1. The van der Waals surface area contributed by atoms with Crippen molar-refractivity contribution in [3.63, 3.8) is 0 Å². The van der Waals surface area contributed by atoms with E-state index in [4.69, 9.17) is 16.9 Å². The molecule has 0 aromatic heterocycles. The summed E-state index contributed by atoms with van der Waals surface area (Å²) < 4.78 is 0. The highest BCUT2D eigenvalue weighted by atomic mass is 35.5. The molecule has 0 spiro atoms. The van der Waals surface area contributed by atoms with E-state index < -0.39 is 5.38 Å². The zero-order valence-corrected chi connectivity index (χ0v) is 11.5. The highest BCUT2D eigenvalue weighted by Crippen LogP contribution is 2.41. The molecule has 1 aromatic rings. The molecule has 0 unspecified atom stereocenters. The number of rotatable bonds is 1. The number of hydrogen-bond acceptors (Lipinski definition) is 2. The SMILES string of the molecule is C[C@@H](Cl)C(=O)N1CC(C)(C)c2ccc(C#N)cc21. The van der Waals surface area contributed by atoms with Crippen molar-refractivity contribution in [1.82, 2.24) is 0 Å². The second-order valence-corrected chi connectivity index (χ2v) is 5.92. The molecule has 3 nitrogen and oxygen atoms in total. The van der Waals surface area contributed by atoms with Gasteiger partial charge in [0.05, 0.1) is 11.6 Å². The quantitative estimate of drug-likeness (QED) is 0.731. The number of carbonyl (C=O) groups excluding carboxylic acids is 1. The maximum absolute atomic E-state index is 12.1. The van der Waals surface area contributed by atoms with E-state index in [1.54, 1.807) is 24.0 Å². The van der Waals surface area contributed by atoms with Crippen molar-refractivity contribution in [2.75, 3.05) is 11.4 Å². The molecule has 0 fully saturated rings. The first-order valence-electron chi connectivity index (χ1n) is 5.87. The molecule has 0 saturated heterocycles. The van der Waals surface area contributed by atoms with Gasteiger partial charge in [-0.3, -0.25) is 4.79 Å². The molecule has 1 aliphatic rings. The monoisotopic (exact) mass is 262 g/mol. The Morgan fingerprint density at radius 3 is 2.78 bits per heavy atom. The number of fused-ring (bicyclic) bond motifs is 1. The maximum Gasteiger partial charge on any atom is 0.244 e. The number of anilines is 1. The van der Waals surface area contributed by atoms with Crippen LogP contribution in [0.4, 0.5) is 5.69 Å². The summed E-state index contributed by atoms with van der Waals surface area (Å²) in [5, 5.41) is 8.40. The molecule has 2 rings (SSSR count). The average Bonchev–Trinajstić information content (AvgIpc) is 2.60. The van der Waals surface area contributed by atoms with Gasteiger partial charge < -0.3 is 4.90 Å². The maximum atomic E-state index is 12.1. The first kappa shape index (κ1) is 12.9. The molecule has 0 bridgehead atoms. The largest absolute Gasteiger partial charge is 0.310 e. The summed E-state index contributed by atoms with van der Waals surface area (Å²) in [7, 11) is 0. The Bertz CT molecular complexity index is 543. The Morgan fingerprint density at radius 1 is 1.56 bits per heavy atom. The summed E-state index contributed by atoms with van der Waals surface area (Å²) in [5.74, 6) is -0.112. The van der Waals surface area contributed by atoms with Gasteiger partial charge in [-0.2, -0.15) is 5.26 Å². The first-order chi connectivity index (χ1) is 8.36. The number of nitriles is 1. The fourth-order valence-corrected chi connectivity index (χ4v) is 2.49. The van der Waals surface area contributed by atoms with E-state index in [1.165, 1.54) is 0 Å². The van der Waals surface area contributed by atoms with E-state index in [0.717, 1.165) is 11.3 Å². The fraction of sp³-hybridized carbons (Fsp3) is 0.429. The predicted octanol–water partition coefficient (Wildman–Crippen LogP) is 2.81. The molecular weight excluding hydrogens is 248 g/mol. The number of hydrogen-bond donors (Lipinski definition) is 0. The molecule has 94 valence electrons. The van der Waals surface area contributed by atoms with Gasteiger partial charge in [-0.1, -0.05) is 19.9 Å². The lowest BCUT2D eigenvalue weighted by Gasteiger charge is -2.21. The van der Waals surface area contributed by atoms with E-state index >= 15 is 0 Å². The Morgan fingerprint density at radius 2 is 2.22 bits per heavy atom. The van der Waals surface area contributed by atoms with Crippen molar-refractivity contribution in [3.8, 4) is 6.07 Å². The van der Waals surface area contributed by atoms with E-state index in [0.29, 0.717) is 12.1 Å². The second-order valence-electron chi connectivity index (χ2n) is 5.27. The van der Waals surface area contributed by atoms with E-state index in [9.17, 15) is 4.79 Å². The summed E-state index contributed by atoms with van der Waals surface area (Å²) in [4.78, 5) is 13.8. The number of halogens is 1. The molecule has 1 aromatic carbocycles. The molecule has 0 N–H and O–H groups in total. The standard InChI is InChI=1S/C14H15ClN2O/c1-9(15)13(18)17-8-14(2,3)11-5-4-10(7-16)6-12(11)17/h4-6,9H,8H2,1-3H3/t9-/m1/s1. The third-order valence-electron chi connectivity index (χ3n) is 3.31. The van der Waals surface area contributed by atoms with Crippen molar-refractivity contribution in [2.24, 2.45) is 0 Å². The predicted molar refractivity (Wildman–Crippen MR) is 71.9 cm³/mol. The minimum Gasteiger partial charge on any atom is -0.310 e. The smallest absolute Gasteiger partial charge is 0.244 e. The summed E-state index contributed by atoms with van der Waals surface area (Å²) in [6.45, 7) is 6.45. The number of nitrogens with zero attached hydrogens (tertiary/aromatic N) is 2.